The molecule has 1 atom stereocenters. The number of hydrogen-bond acceptors (Lipinski definition) is 5. The molecule has 1 saturated heterocycles. The SMILES string of the molecule is Nc1ccsc1C(=O)OCC1CCCCO1. The molecular formula is C11H15NO3S. The van der Waals surface area contributed by atoms with Crippen LogP contribution in [0.25, 0.3) is 0 Å². The van der Waals surface area contributed by atoms with Crippen LogP contribution in [-0.4, -0.2) is 25.3 Å². The Labute approximate surface area is 98.3 Å². The number of nitrogens with two attached hydrogens (primary N) is 1. The first-order chi connectivity index (χ1) is 7.77. The fraction of sp³-hybridized carbons (Fsp3) is 0.545. The van der Waals surface area contributed by atoms with Gasteiger partial charge >= 0.3 is 5.97 Å². The molecule has 16 heavy (non-hydrogen) atoms. The molecule has 1 aromatic heterocycles. The molecule has 0 radical (unpaired) electrons. The van der Waals surface area contributed by atoms with E-state index in [9.17, 15) is 4.79 Å². The highest BCUT2D eigenvalue weighted by atomic mass is 32.1. The van der Waals surface area contributed by atoms with E-state index in [4.69, 9.17) is 15.2 Å². The number of thiophene rings is 1. The van der Waals surface area contributed by atoms with Crippen molar-refractivity contribution < 1.29 is 14.3 Å². The van der Waals surface area contributed by atoms with Gasteiger partial charge in [-0.05, 0) is 30.7 Å². The number of ether oxygens (including phenoxy) is 2. The van der Waals surface area contributed by atoms with Gasteiger partial charge in [0, 0.05) is 6.61 Å². The Morgan fingerprint density at radius 2 is 2.50 bits per heavy atom. The average molecular weight is 241 g/mol. The molecule has 2 rings (SSSR count). The molecule has 88 valence electrons. The molecule has 1 unspecified atom stereocenters. The van der Waals surface area contributed by atoms with Gasteiger partial charge in [0.2, 0.25) is 0 Å². The van der Waals surface area contributed by atoms with Crippen LogP contribution >= 0.6 is 11.3 Å². The van der Waals surface area contributed by atoms with E-state index < -0.39 is 0 Å². The molecule has 5 heteroatoms. The first-order valence-electron chi connectivity index (χ1n) is 5.39. The monoisotopic (exact) mass is 241 g/mol. The highest BCUT2D eigenvalue weighted by Gasteiger charge is 2.18. The number of rotatable bonds is 3. The van der Waals surface area contributed by atoms with E-state index in [1.165, 1.54) is 11.3 Å². The fourth-order valence-electron chi connectivity index (χ4n) is 1.66. The molecule has 1 aliphatic rings. The van der Waals surface area contributed by atoms with E-state index in [0.29, 0.717) is 17.2 Å². The van der Waals surface area contributed by atoms with Crippen molar-refractivity contribution in [2.24, 2.45) is 0 Å². The minimum atomic E-state index is -0.346. The van der Waals surface area contributed by atoms with Crippen molar-refractivity contribution in [1.29, 1.82) is 0 Å². The van der Waals surface area contributed by atoms with Gasteiger partial charge in [0.1, 0.15) is 11.5 Å². The third-order valence-corrected chi connectivity index (χ3v) is 3.47. The Morgan fingerprint density at radius 1 is 1.62 bits per heavy atom. The Hall–Kier alpha value is -1.07. The molecule has 0 spiro atoms. The molecule has 1 fully saturated rings. The lowest BCUT2D eigenvalue weighted by Crippen LogP contribution is -2.25. The Balaban J connectivity index is 1.81. The second-order valence-corrected chi connectivity index (χ2v) is 4.71. The van der Waals surface area contributed by atoms with Gasteiger partial charge in [-0.3, -0.25) is 0 Å². The molecule has 1 aliphatic heterocycles. The predicted octanol–water partition coefficient (Wildman–Crippen LogP) is 2.06. The Kier molecular flexibility index (Phi) is 3.79. The minimum Gasteiger partial charge on any atom is -0.459 e. The largest absolute Gasteiger partial charge is 0.459 e. The van der Waals surface area contributed by atoms with Gasteiger partial charge in [-0.2, -0.15) is 0 Å². The van der Waals surface area contributed by atoms with Crippen LogP contribution in [0.1, 0.15) is 28.9 Å². The average Bonchev–Trinajstić information content (AvgIpc) is 2.74. The quantitative estimate of drug-likeness (QED) is 0.823. The zero-order chi connectivity index (χ0) is 11.4. The van der Waals surface area contributed by atoms with Crippen LogP contribution in [0.2, 0.25) is 0 Å². The first kappa shape index (κ1) is 11.4. The van der Waals surface area contributed by atoms with Gasteiger partial charge in [0.15, 0.2) is 0 Å². The molecule has 2 heterocycles. The first-order valence-corrected chi connectivity index (χ1v) is 6.27. The van der Waals surface area contributed by atoms with E-state index in [0.717, 1.165) is 25.9 Å². The molecule has 0 amide bonds. The van der Waals surface area contributed by atoms with Gasteiger partial charge in [-0.15, -0.1) is 11.3 Å². The standard InChI is InChI=1S/C11H15NO3S/c12-9-4-6-16-10(9)11(13)15-7-8-3-1-2-5-14-8/h4,6,8H,1-3,5,7,12H2. The summed E-state index contributed by atoms with van der Waals surface area (Å²) in [7, 11) is 0. The lowest BCUT2D eigenvalue weighted by molar-refractivity contribution is -0.0298. The third kappa shape index (κ3) is 2.74. The zero-order valence-corrected chi connectivity index (χ0v) is 9.79. The summed E-state index contributed by atoms with van der Waals surface area (Å²) >= 11 is 1.30. The van der Waals surface area contributed by atoms with Crippen LogP contribution in [0.15, 0.2) is 11.4 Å². The number of hydrogen-bond donors (Lipinski definition) is 1. The summed E-state index contributed by atoms with van der Waals surface area (Å²) in [6, 6.07) is 1.71. The molecule has 0 saturated carbocycles. The fourth-order valence-corrected chi connectivity index (χ4v) is 2.37. The van der Waals surface area contributed by atoms with Crippen LogP contribution in [0.3, 0.4) is 0 Å². The summed E-state index contributed by atoms with van der Waals surface area (Å²) in [5.74, 6) is -0.346. The van der Waals surface area contributed by atoms with E-state index in [1.807, 2.05) is 0 Å². The summed E-state index contributed by atoms with van der Waals surface area (Å²) < 4.78 is 10.6. The predicted molar refractivity (Wildman–Crippen MR) is 62.6 cm³/mol. The van der Waals surface area contributed by atoms with Crippen molar-refractivity contribution in [2.45, 2.75) is 25.4 Å². The Bertz CT molecular complexity index is 358. The number of carbonyl (C=O) groups excluding carboxylic acids is 1. The second kappa shape index (κ2) is 5.32. The van der Waals surface area contributed by atoms with Crippen LogP contribution in [0.4, 0.5) is 5.69 Å². The summed E-state index contributed by atoms with van der Waals surface area (Å²) in [6.45, 7) is 1.10. The topological polar surface area (TPSA) is 61.6 Å². The highest BCUT2D eigenvalue weighted by Crippen LogP contribution is 2.20. The van der Waals surface area contributed by atoms with E-state index in [1.54, 1.807) is 11.4 Å². The number of carbonyl (C=O) groups is 1. The molecule has 0 bridgehead atoms. The lowest BCUT2D eigenvalue weighted by atomic mass is 10.1. The van der Waals surface area contributed by atoms with Gasteiger partial charge < -0.3 is 15.2 Å². The lowest BCUT2D eigenvalue weighted by Gasteiger charge is -2.21. The van der Waals surface area contributed by atoms with Gasteiger partial charge in [-0.1, -0.05) is 0 Å². The van der Waals surface area contributed by atoms with Gasteiger partial charge in [-0.25, -0.2) is 4.79 Å². The summed E-state index contributed by atoms with van der Waals surface area (Å²) in [6.07, 6.45) is 3.26. The summed E-state index contributed by atoms with van der Waals surface area (Å²) in [5, 5.41) is 1.78. The maximum absolute atomic E-state index is 11.6. The maximum Gasteiger partial charge on any atom is 0.350 e. The third-order valence-electron chi connectivity index (χ3n) is 2.56. The van der Waals surface area contributed by atoms with E-state index >= 15 is 0 Å². The molecule has 0 aromatic carbocycles. The summed E-state index contributed by atoms with van der Waals surface area (Å²) in [4.78, 5) is 12.1. The van der Waals surface area contributed by atoms with Crippen LogP contribution in [-0.2, 0) is 9.47 Å². The Morgan fingerprint density at radius 3 is 3.12 bits per heavy atom. The minimum absolute atomic E-state index is 0.0545. The highest BCUT2D eigenvalue weighted by molar-refractivity contribution is 7.12. The smallest absolute Gasteiger partial charge is 0.350 e. The molecule has 4 nitrogen and oxygen atoms in total. The van der Waals surface area contributed by atoms with E-state index in [2.05, 4.69) is 0 Å². The molecule has 0 aliphatic carbocycles. The van der Waals surface area contributed by atoms with Crippen molar-refractivity contribution in [1.82, 2.24) is 0 Å². The van der Waals surface area contributed by atoms with E-state index in [-0.39, 0.29) is 12.1 Å². The van der Waals surface area contributed by atoms with Crippen LogP contribution < -0.4 is 5.73 Å². The normalized spacial score (nSPS) is 20.6. The van der Waals surface area contributed by atoms with Gasteiger partial charge in [0.05, 0.1) is 11.8 Å². The van der Waals surface area contributed by atoms with Crippen molar-refractivity contribution in [3.8, 4) is 0 Å². The van der Waals surface area contributed by atoms with Crippen molar-refractivity contribution in [3.05, 3.63) is 16.3 Å². The maximum atomic E-state index is 11.6. The summed E-state index contributed by atoms with van der Waals surface area (Å²) in [5.41, 5.74) is 6.11. The molecular weight excluding hydrogens is 226 g/mol. The molecule has 2 N–H and O–H groups in total. The van der Waals surface area contributed by atoms with Crippen LogP contribution in [0, 0.1) is 0 Å². The number of anilines is 1. The molecule has 1 aromatic rings. The van der Waals surface area contributed by atoms with Crippen molar-refractivity contribution in [2.75, 3.05) is 18.9 Å². The second-order valence-electron chi connectivity index (χ2n) is 3.79. The van der Waals surface area contributed by atoms with Gasteiger partial charge in [0.25, 0.3) is 0 Å². The zero-order valence-electron chi connectivity index (χ0n) is 8.98. The van der Waals surface area contributed by atoms with Crippen molar-refractivity contribution >= 4 is 23.0 Å². The van der Waals surface area contributed by atoms with Crippen LogP contribution in [0.5, 0.6) is 0 Å². The number of esters is 1. The van der Waals surface area contributed by atoms with Crippen molar-refractivity contribution in [3.63, 3.8) is 0 Å². The number of nitrogen functional groups attached to an aromatic ring is 1.